The summed E-state index contributed by atoms with van der Waals surface area (Å²) < 4.78 is 0. The summed E-state index contributed by atoms with van der Waals surface area (Å²) in [4.78, 5) is 7.05. The van der Waals surface area contributed by atoms with E-state index in [1.165, 1.54) is 10.7 Å². The largest absolute Gasteiger partial charge is 0.311 e. The van der Waals surface area contributed by atoms with Crippen LogP contribution in [0.1, 0.15) is 38.4 Å². The Hall–Kier alpha value is -0.450. The lowest BCUT2D eigenvalue weighted by Crippen LogP contribution is -2.22. The second-order valence-corrected chi connectivity index (χ2v) is 5.66. The topological polar surface area (TPSA) is 28.2 Å². The van der Waals surface area contributed by atoms with Crippen LogP contribution in [0.25, 0.3) is 0 Å². The first-order valence-electron chi connectivity index (χ1n) is 6.52. The van der Waals surface area contributed by atoms with Crippen LogP contribution in [0.3, 0.4) is 0 Å². The van der Waals surface area contributed by atoms with Crippen molar-refractivity contribution in [3.8, 4) is 0 Å². The predicted octanol–water partition coefficient (Wildman–Crippen LogP) is 2.73. The fourth-order valence-electron chi connectivity index (χ4n) is 1.63. The highest BCUT2D eigenvalue weighted by Gasteiger charge is 2.06. The molecule has 17 heavy (non-hydrogen) atoms. The molecule has 0 aliphatic rings. The van der Waals surface area contributed by atoms with E-state index in [9.17, 15) is 0 Å². The standard InChI is InChI=1S/C13H25N3S/c1-5-16(6-2)9-13-15-12(10-17-13)8-14-7-11(3)4/h10-11,14H,5-9H2,1-4H3. The number of nitrogens with zero attached hydrogens (tertiary/aromatic N) is 2. The lowest BCUT2D eigenvalue weighted by atomic mass is 10.2. The van der Waals surface area contributed by atoms with Crippen molar-refractivity contribution in [1.82, 2.24) is 15.2 Å². The maximum atomic E-state index is 4.66. The first-order valence-corrected chi connectivity index (χ1v) is 7.40. The smallest absolute Gasteiger partial charge is 0.107 e. The molecule has 0 fully saturated rings. The van der Waals surface area contributed by atoms with Crippen LogP contribution in [0.4, 0.5) is 0 Å². The summed E-state index contributed by atoms with van der Waals surface area (Å²) in [6.07, 6.45) is 0. The first-order chi connectivity index (χ1) is 8.15. The summed E-state index contributed by atoms with van der Waals surface area (Å²) >= 11 is 1.77. The van der Waals surface area contributed by atoms with E-state index >= 15 is 0 Å². The molecular formula is C13H25N3S. The summed E-state index contributed by atoms with van der Waals surface area (Å²) in [5.41, 5.74) is 1.18. The lowest BCUT2D eigenvalue weighted by molar-refractivity contribution is 0.295. The van der Waals surface area contributed by atoms with Crippen molar-refractivity contribution >= 4 is 11.3 Å². The second kappa shape index (κ2) is 7.80. The Kier molecular flexibility index (Phi) is 6.70. The molecule has 0 amide bonds. The molecular weight excluding hydrogens is 230 g/mol. The van der Waals surface area contributed by atoms with Gasteiger partial charge in [0.1, 0.15) is 5.01 Å². The van der Waals surface area contributed by atoms with E-state index in [1.807, 2.05) is 0 Å². The van der Waals surface area contributed by atoms with E-state index in [0.717, 1.165) is 32.7 Å². The SMILES string of the molecule is CCN(CC)Cc1nc(CNCC(C)C)cs1. The molecule has 0 aliphatic heterocycles. The molecule has 1 aromatic rings. The van der Waals surface area contributed by atoms with Crippen molar-refractivity contribution in [3.05, 3.63) is 16.1 Å². The third kappa shape index (κ3) is 5.61. The number of nitrogens with one attached hydrogen (secondary N) is 1. The van der Waals surface area contributed by atoms with Crippen LogP contribution in [0.5, 0.6) is 0 Å². The molecule has 0 radical (unpaired) electrons. The Labute approximate surface area is 109 Å². The van der Waals surface area contributed by atoms with Crippen molar-refractivity contribution in [2.75, 3.05) is 19.6 Å². The summed E-state index contributed by atoms with van der Waals surface area (Å²) in [6, 6.07) is 0. The number of thiazole rings is 1. The molecule has 1 rings (SSSR count). The number of aromatic nitrogens is 1. The van der Waals surface area contributed by atoms with Crippen LogP contribution in [0, 0.1) is 5.92 Å². The van der Waals surface area contributed by atoms with Gasteiger partial charge in [-0.25, -0.2) is 4.98 Å². The molecule has 1 aromatic heterocycles. The van der Waals surface area contributed by atoms with Gasteiger partial charge < -0.3 is 5.32 Å². The summed E-state index contributed by atoms with van der Waals surface area (Å²) in [5.74, 6) is 0.698. The Morgan fingerprint density at radius 2 is 2.06 bits per heavy atom. The fourth-order valence-corrected chi connectivity index (χ4v) is 2.47. The highest BCUT2D eigenvalue weighted by molar-refractivity contribution is 7.09. The van der Waals surface area contributed by atoms with E-state index in [-0.39, 0.29) is 0 Å². The highest BCUT2D eigenvalue weighted by Crippen LogP contribution is 2.12. The van der Waals surface area contributed by atoms with E-state index in [4.69, 9.17) is 0 Å². The zero-order valence-electron chi connectivity index (χ0n) is 11.5. The van der Waals surface area contributed by atoms with Gasteiger partial charge in [0.2, 0.25) is 0 Å². The molecule has 0 atom stereocenters. The van der Waals surface area contributed by atoms with Crippen molar-refractivity contribution in [2.45, 2.75) is 40.8 Å². The molecule has 1 heterocycles. The van der Waals surface area contributed by atoms with Gasteiger partial charge in [0.15, 0.2) is 0 Å². The van der Waals surface area contributed by atoms with Gasteiger partial charge in [-0.15, -0.1) is 11.3 Å². The third-order valence-electron chi connectivity index (χ3n) is 2.71. The van der Waals surface area contributed by atoms with Gasteiger partial charge in [-0.2, -0.15) is 0 Å². The average Bonchev–Trinajstić information content (AvgIpc) is 2.73. The van der Waals surface area contributed by atoms with Crippen molar-refractivity contribution in [3.63, 3.8) is 0 Å². The van der Waals surface area contributed by atoms with Gasteiger partial charge in [-0.05, 0) is 25.6 Å². The normalized spacial score (nSPS) is 11.6. The van der Waals surface area contributed by atoms with Crippen LogP contribution in [-0.4, -0.2) is 29.5 Å². The molecule has 3 nitrogen and oxygen atoms in total. The van der Waals surface area contributed by atoms with Gasteiger partial charge in [-0.3, -0.25) is 4.90 Å². The quantitative estimate of drug-likeness (QED) is 0.774. The Morgan fingerprint density at radius 1 is 1.35 bits per heavy atom. The highest BCUT2D eigenvalue weighted by atomic mass is 32.1. The minimum atomic E-state index is 0.698. The van der Waals surface area contributed by atoms with E-state index in [1.54, 1.807) is 11.3 Å². The minimum Gasteiger partial charge on any atom is -0.311 e. The van der Waals surface area contributed by atoms with Crippen molar-refractivity contribution < 1.29 is 0 Å². The molecule has 0 saturated carbocycles. The molecule has 1 N–H and O–H groups in total. The monoisotopic (exact) mass is 255 g/mol. The molecule has 0 aliphatic carbocycles. The van der Waals surface area contributed by atoms with E-state index < -0.39 is 0 Å². The Balaban J connectivity index is 2.37. The van der Waals surface area contributed by atoms with Gasteiger partial charge in [0, 0.05) is 11.9 Å². The Bertz CT molecular complexity index is 305. The number of hydrogen-bond donors (Lipinski definition) is 1. The minimum absolute atomic E-state index is 0.698. The molecule has 0 unspecified atom stereocenters. The molecule has 0 spiro atoms. The average molecular weight is 255 g/mol. The van der Waals surface area contributed by atoms with Crippen LogP contribution < -0.4 is 5.32 Å². The van der Waals surface area contributed by atoms with E-state index in [0.29, 0.717) is 5.92 Å². The number of hydrogen-bond acceptors (Lipinski definition) is 4. The van der Waals surface area contributed by atoms with Crippen LogP contribution in [0.15, 0.2) is 5.38 Å². The van der Waals surface area contributed by atoms with E-state index in [2.05, 4.69) is 48.3 Å². The number of rotatable bonds is 8. The third-order valence-corrected chi connectivity index (χ3v) is 3.59. The maximum Gasteiger partial charge on any atom is 0.107 e. The van der Waals surface area contributed by atoms with Gasteiger partial charge in [0.25, 0.3) is 0 Å². The lowest BCUT2D eigenvalue weighted by Gasteiger charge is -2.15. The molecule has 0 aromatic carbocycles. The predicted molar refractivity (Wildman–Crippen MR) is 75.3 cm³/mol. The zero-order valence-corrected chi connectivity index (χ0v) is 12.3. The first kappa shape index (κ1) is 14.6. The van der Waals surface area contributed by atoms with Gasteiger partial charge in [-0.1, -0.05) is 27.7 Å². The Morgan fingerprint density at radius 3 is 2.65 bits per heavy atom. The fraction of sp³-hybridized carbons (Fsp3) is 0.769. The molecule has 4 heteroatoms. The van der Waals surface area contributed by atoms with Gasteiger partial charge >= 0.3 is 0 Å². The van der Waals surface area contributed by atoms with Crippen LogP contribution in [-0.2, 0) is 13.1 Å². The zero-order chi connectivity index (χ0) is 12.7. The summed E-state index contributed by atoms with van der Waals surface area (Å²) in [7, 11) is 0. The molecule has 0 bridgehead atoms. The van der Waals surface area contributed by atoms with Gasteiger partial charge in [0.05, 0.1) is 12.2 Å². The van der Waals surface area contributed by atoms with Crippen LogP contribution >= 0.6 is 11.3 Å². The van der Waals surface area contributed by atoms with Crippen molar-refractivity contribution in [2.24, 2.45) is 5.92 Å². The van der Waals surface area contributed by atoms with Crippen molar-refractivity contribution in [1.29, 1.82) is 0 Å². The summed E-state index contributed by atoms with van der Waals surface area (Å²) in [6.45, 7) is 14.0. The molecule has 98 valence electrons. The van der Waals surface area contributed by atoms with Crippen LogP contribution in [0.2, 0.25) is 0 Å². The second-order valence-electron chi connectivity index (χ2n) is 4.72. The molecule has 0 saturated heterocycles. The summed E-state index contributed by atoms with van der Waals surface area (Å²) in [5, 5.41) is 6.83. The maximum absolute atomic E-state index is 4.66.